The Morgan fingerprint density at radius 2 is 1.92 bits per heavy atom. The van der Waals surface area contributed by atoms with E-state index in [0.29, 0.717) is 23.0 Å². The summed E-state index contributed by atoms with van der Waals surface area (Å²) in [5, 5.41) is 5.18. The number of benzene rings is 2. The molecule has 126 valence electrons. The summed E-state index contributed by atoms with van der Waals surface area (Å²) in [4.78, 5) is 12.2. The number of cyclic esters (lactones) is 1. The highest BCUT2D eigenvalue weighted by atomic mass is 35.5. The van der Waals surface area contributed by atoms with Gasteiger partial charge in [-0.25, -0.2) is 4.79 Å². The lowest BCUT2D eigenvalue weighted by molar-refractivity contribution is 0.000346. The number of esters is 1. The molecule has 2 heterocycles. The molecule has 0 spiro atoms. The number of carbonyl (C=O) groups excluding carboxylic acids is 1. The van der Waals surface area contributed by atoms with Crippen LogP contribution in [0.5, 0.6) is 5.75 Å². The van der Waals surface area contributed by atoms with Crippen molar-refractivity contribution < 1.29 is 14.3 Å². The summed E-state index contributed by atoms with van der Waals surface area (Å²) in [5.41, 5.74) is 2.18. The monoisotopic (exact) mass is 354 g/mol. The van der Waals surface area contributed by atoms with Crippen molar-refractivity contribution in [3.63, 3.8) is 0 Å². The third kappa shape index (κ3) is 3.37. The number of hydrogen-bond donors (Lipinski definition) is 0. The van der Waals surface area contributed by atoms with Crippen LogP contribution in [0.25, 0.3) is 11.3 Å². The number of fused-ring (bicyclic) bond motifs is 1. The fourth-order valence-electron chi connectivity index (χ4n) is 2.72. The maximum Gasteiger partial charge on any atom is 0.357 e. The van der Waals surface area contributed by atoms with E-state index in [9.17, 15) is 4.79 Å². The molecule has 0 radical (unpaired) electrons. The lowest BCUT2D eigenvalue weighted by Gasteiger charge is -2.23. The highest BCUT2D eigenvalue weighted by molar-refractivity contribution is 6.30. The number of halogens is 1. The highest BCUT2D eigenvalue weighted by Crippen LogP contribution is 2.23. The van der Waals surface area contributed by atoms with Gasteiger partial charge in [-0.3, -0.25) is 4.68 Å². The molecule has 1 aliphatic heterocycles. The van der Waals surface area contributed by atoms with Crippen LogP contribution in [0.4, 0.5) is 0 Å². The lowest BCUT2D eigenvalue weighted by Crippen LogP contribution is -2.36. The Morgan fingerprint density at radius 1 is 1.16 bits per heavy atom. The van der Waals surface area contributed by atoms with Gasteiger partial charge in [0.2, 0.25) is 0 Å². The van der Waals surface area contributed by atoms with Crippen molar-refractivity contribution in [1.82, 2.24) is 9.78 Å². The smallest absolute Gasteiger partial charge is 0.357 e. The Kier molecular flexibility index (Phi) is 4.15. The van der Waals surface area contributed by atoms with Crippen LogP contribution < -0.4 is 4.74 Å². The van der Waals surface area contributed by atoms with E-state index in [-0.39, 0.29) is 18.7 Å². The molecule has 0 fully saturated rings. The third-order valence-corrected chi connectivity index (χ3v) is 4.21. The van der Waals surface area contributed by atoms with Gasteiger partial charge in [0.1, 0.15) is 18.1 Å². The summed E-state index contributed by atoms with van der Waals surface area (Å²) in [7, 11) is 0. The van der Waals surface area contributed by atoms with E-state index in [1.54, 1.807) is 35.0 Å². The van der Waals surface area contributed by atoms with Crippen molar-refractivity contribution in [3.05, 3.63) is 71.4 Å². The minimum absolute atomic E-state index is 0.257. The fraction of sp³-hybridized carbons (Fsp3) is 0.158. The molecule has 1 atom stereocenters. The Hall–Kier alpha value is -2.79. The van der Waals surface area contributed by atoms with Crippen molar-refractivity contribution in [2.45, 2.75) is 12.6 Å². The van der Waals surface area contributed by atoms with Crippen LogP contribution in [0.1, 0.15) is 10.5 Å². The zero-order valence-electron chi connectivity index (χ0n) is 13.3. The van der Waals surface area contributed by atoms with E-state index >= 15 is 0 Å². The second kappa shape index (κ2) is 6.61. The van der Waals surface area contributed by atoms with Crippen LogP contribution in [0.3, 0.4) is 0 Å². The SMILES string of the molecule is O=C1OC(COc2ccc(Cl)cc2)Cn2nc(-c3ccccc3)cc21. The fourth-order valence-corrected chi connectivity index (χ4v) is 2.84. The van der Waals surface area contributed by atoms with E-state index in [1.807, 2.05) is 30.3 Å². The van der Waals surface area contributed by atoms with Gasteiger partial charge in [0, 0.05) is 10.6 Å². The standard InChI is InChI=1S/C19H15ClN2O3/c20-14-6-8-15(9-7-14)24-12-16-11-22-18(19(23)25-16)10-17(21-22)13-4-2-1-3-5-13/h1-10,16H,11-12H2. The average Bonchev–Trinajstić information content (AvgIpc) is 3.07. The first-order chi connectivity index (χ1) is 12.2. The van der Waals surface area contributed by atoms with E-state index in [1.165, 1.54) is 0 Å². The van der Waals surface area contributed by atoms with Crippen molar-refractivity contribution in [1.29, 1.82) is 0 Å². The van der Waals surface area contributed by atoms with Crippen LogP contribution in [-0.2, 0) is 11.3 Å². The molecule has 4 rings (SSSR count). The Balaban J connectivity index is 1.48. The first kappa shape index (κ1) is 15.7. The molecule has 2 aromatic carbocycles. The predicted molar refractivity (Wildman–Crippen MR) is 93.8 cm³/mol. The molecular formula is C19H15ClN2O3. The maximum atomic E-state index is 12.2. The Bertz CT molecular complexity index is 891. The van der Waals surface area contributed by atoms with Crippen LogP contribution >= 0.6 is 11.6 Å². The minimum atomic E-state index is -0.390. The number of rotatable bonds is 4. The number of nitrogens with zero attached hydrogens (tertiary/aromatic N) is 2. The van der Waals surface area contributed by atoms with Gasteiger partial charge in [-0.05, 0) is 30.3 Å². The second-order valence-corrected chi connectivity index (χ2v) is 6.19. The van der Waals surface area contributed by atoms with E-state index in [4.69, 9.17) is 21.1 Å². The number of ether oxygens (including phenoxy) is 2. The molecule has 0 N–H and O–H groups in total. The quantitative estimate of drug-likeness (QED) is 0.668. The molecule has 6 heteroatoms. The van der Waals surface area contributed by atoms with Gasteiger partial charge in [-0.2, -0.15) is 5.10 Å². The summed E-state index contributed by atoms with van der Waals surface area (Å²) >= 11 is 5.85. The molecule has 25 heavy (non-hydrogen) atoms. The molecule has 1 aliphatic rings. The number of carbonyl (C=O) groups is 1. The van der Waals surface area contributed by atoms with Gasteiger partial charge in [-0.15, -0.1) is 0 Å². The van der Waals surface area contributed by atoms with Crippen LogP contribution in [0.15, 0.2) is 60.7 Å². The molecule has 0 amide bonds. The van der Waals surface area contributed by atoms with Gasteiger partial charge in [-0.1, -0.05) is 41.9 Å². The molecule has 3 aromatic rings. The summed E-state index contributed by atoms with van der Waals surface area (Å²) in [6.07, 6.45) is -0.390. The topological polar surface area (TPSA) is 53.4 Å². The molecule has 1 unspecified atom stereocenters. The van der Waals surface area contributed by atoms with Gasteiger partial charge in [0.25, 0.3) is 0 Å². The lowest BCUT2D eigenvalue weighted by atomic mass is 10.1. The first-order valence-corrected chi connectivity index (χ1v) is 8.29. The van der Waals surface area contributed by atoms with Crippen LogP contribution in [0, 0.1) is 0 Å². The summed E-state index contributed by atoms with van der Waals surface area (Å²) < 4.78 is 12.8. The Labute approximate surface area is 149 Å². The van der Waals surface area contributed by atoms with Crippen LogP contribution in [-0.4, -0.2) is 28.5 Å². The van der Waals surface area contributed by atoms with Gasteiger partial charge >= 0.3 is 5.97 Å². The average molecular weight is 355 g/mol. The van der Waals surface area contributed by atoms with Gasteiger partial charge in [0.05, 0.1) is 12.2 Å². The zero-order chi connectivity index (χ0) is 17.2. The molecule has 5 nitrogen and oxygen atoms in total. The molecule has 0 aliphatic carbocycles. The summed E-state index contributed by atoms with van der Waals surface area (Å²) in [6.45, 7) is 0.717. The van der Waals surface area contributed by atoms with E-state index in [2.05, 4.69) is 5.10 Å². The molecular weight excluding hydrogens is 340 g/mol. The normalized spacial score (nSPS) is 16.2. The van der Waals surface area contributed by atoms with Crippen LogP contribution in [0.2, 0.25) is 5.02 Å². The van der Waals surface area contributed by atoms with E-state index in [0.717, 1.165) is 11.3 Å². The maximum absolute atomic E-state index is 12.2. The zero-order valence-corrected chi connectivity index (χ0v) is 14.0. The minimum Gasteiger partial charge on any atom is -0.490 e. The number of hydrogen-bond acceptors (Lipinski definition) is 4. The number of aromatic nitrogens is 2. The van der Waals surface area contributed by atoms with E-state index < -0.39 is 0 Å². The summed E-state index contributed by atoms with van der Waals surface area (Å²) in [6, 6.07) is 18.6. The molecule has 0 saturated carbocycles. The van der Waals surface area contributed by atoms with Crippen molar-refractivity contribution in [2.24, 2.45) is 0 Å². The highest BCUT2D eigenvalue weighted by Gasteiger charge is 2.29. The molecule has 0 bridgehead atoms. The van der Waals surface area contributed by atoms with Crippen molar-refractivity contribution >= 4 is 17.6 Å². The van der Waals surface area contributed by atoms with Crippen molar-refractivity contribution in [3.8, 4) is 17.0 Å². The molecule has 1 aromatic heterocycles. The van der Waals surface area contributed by atoms with Gasteiger partial charge < -0.3 is 9.47 Å². The van der Waals surface area contributed by atoms with Crippen molar-refractivity contribution in [2.75, 3.05) is 6.61 Å². The predicted octanol–water partition coefficient (Wildman–Crippen LogP) is 3.82. The summed E-state index contributed by atoms with van der Waals surface area (Å²) in [5.74, 6) is 0.294. The second-order valence-electron chi connectivity index (χ2n) is 5.76. The largest absolute Gasteiger partial charge is 0.490 e. The molecule has 0 saturated heterocycles. The van der Waals surface area contributed by atoms with Gasteiger partial charge in [0.15, 0.2) is 6.10 Å². The Morgan fingerprint density at radius 3 is 2.68 bits per heavy atom. The first-order valence-electron chi connectivity index (χ1n) is 7.92. The third-order valence-electron chi connectivity index (χ3n) is 3.96.